The molecule has 0 aromatic heterocycles. The van der Waals surface area contributed by atoms with Gasteiger partial charge in [-0.05, 0) is 93.0 Å². The maximum Gasteiger partial charge on any atom is 1.00 e. The van der Waals surface area contributed by atoms with Gasteiger partial charge in [-0.3, -0.25) is 0 Å². The molecule has 1 unspecified atom stereocenters. The average Bonchev–Trinajstić information content (AvgIpc) is 2.98. The Hall–Kier alpha value is -3.34. The summed E-state index contributed by atoms with van der Waals surface area (Å²) >= 11 is 0. The van der Waals surface area contributed by atoms with Crippen molar-refractivity contribution in [3.8, 4) is 29.1 Å². The van der Waals surface area contributed by atoms with Crippen molar-refractivity contribution >= 4 is 0 Å². The third kappa shape index (κ3) is 9.69. The lowest BCUT2D eigenvalue weighted by molar-refractivity contribution is -0.00000956. The van der Waals surface area contributed by atoms with Crippen molar-refractivity contribution in [1.29, 1.82) is 5.26 Å². The molecule has 7 nitrogen and oxygen atoms in total. The van der Waals surface area contributed by atoms with Gasteiger partial charge in [0.25, 0.3) is 0 Å². The van der Waals surface area contributed by atoms with Gasteiger partial charge in [0.1, 0.15) is 0 Å². The Bertz CT molecular complexity index is 1120. The van der Waals surface area contributed by atoms with Gasteiger partial charge in [-0.25, -0.2) is 0 Å². The van der Waals surface area contributed by atoms with Gasteiger partial charge in [-0.1, -0.05) is 38.1 Å². The Balaban J connectivity index is 0.00000177. The zero-order valence-corrected chi connectivity index (χ0v) is 25.8. The predicted octanol–water partition coefficient (Wildman–Crippen LogP) is 3.22. The van der Waals surface area contributed by atoms with Gasteiger partial charge in [0.05, 0.1) is 39.9 Å². The minimum absolute atomic E-state index is 0. The zero-order valence-electron chi connectivity index (χ0n) is 26.0. The van der Waals surface area contributed by atoms with Crippen LogP contribution in [0.1, 0.15) is 45.7 Å². The number of likely N-dealkylation sites (N-methyl/N-ethyl adjacent to an activating group) is 1. The molecular weight excluding hydrogens is 526 g/mol. The van der Waals surface area contributed by atoms with Crippen LogP contribution in [0.5, 0.6) is 23.0 Å². The van der Waals surface area contributed by atoms with Crippen LogP contribution in [0.3, 0.4) is 0 Å². The Morgan fingerprint density at radius 3 is 1.95 bits per heavy atom. The zero-order chi connectivity index (χ0) is 28.7. The number of hydrogen-bond acceptors (Lipinski definition) is 7. The highest BCUT2D eigenvalue weighted by Crippen LogP contribution is 2.40. The molecule has 0 fully saturated rings. The highest BCUT2D eigenvalue weighted by atomic mass is 35.5. The van der Waals surface area contributed by atoms with Crippen LogP contribution >= 0.6 is 0 Å². The largest absolute Gasteiger partial charge is 1.00 e. The van der Waals surface area contributed by atoms with Crippen LogP contribution in [-0.4, -0.2) is 53.5 Å². The fraction of sp³-hybridized carbons (Fsp3) is 0.469. The van der Waals surface area contributed by atoms with E-state index in [-0.39, 0.29) is 19.8 Å². The first-order valence-electron chi connectivity index (χ1n) is 13.4. The minimum Gasteiger partial charge on any atom is -1.00 e. The molecule has 2 aromatic rings. The molecule has 220 valence electrons. The van der Waals surface area contributed by atoms with Gasteiger partial charge in [-0.2, -0.15) is 5.26 Å². The van der Waals surface area contributed by atoms with E-state index in [1.54, 1.807) is 28.4 Å². The summed E-state index contributed by atoms with van der Waals surface area (Å²) in [6.07, 6.45) is 11.7. The molecule has 1 atom stereocenters. The molecule has 1 aliphatic heterocycles. The molecule has 1 N–H and O–H groups in total. The van der Waals surface area contributed by atoms with Gasteiger partial charge in [-0.15, -0.1) is 0 Å². The quantitative estimate of drug-likeness (QED) is 0.396. The van der Waals surface area contributed by atoms with Crippen LogP contribution in [0, 0.1) is 17.2 Å². The van der Waals surface area contributed by atoms with E-state index in [0.29, 0.717) is 11.5 Å². The van der Waals surface area contributed by atoms with Gasteiger partial charge in [0.2, 0.25) is 0 Å². The first kappa shape index (κ1) is 34.7. The molecule has 0 amide bonds. The molecule has 0 spiro atoms. The normalized spacial score (nSPS) is 13.2. The average molecular weight is 572 g/mol. The second-order valence-corrected chi connectivity index (χ2v) is 9.86. The van der Waals surface area contributed by atoms with Crippen molar-refractivity contribution in [3.05, 3.63) is 72.1 Å². The molecule has 0 saturated heterocycles. The maximum atomic E-state index is 10.2. The van der Waals surface area contributed by atoms with Crippen LogP contribution in [0.15, 0.2) is 61.0 Å². The van der Waals surface area contributed by atoms with E-state index >= 15 is 0 Å². The van der Waals surface area contributed by atoms with Crippen molar-refractivity contribution in [2.75, 3.05) is 48.6 Å². The molecule has 0 saturated carbocycles. The van der Waals surface area contributed by atoms with Crippen LogP contribution < -0.4 is 36.7 Å². The molecule has 0 radical (unpaired) electrons. The van der Waals surface area contributed by atoms with Crippen molar-refractivity contribution in [2.45, 2.75) is 44.9 Å². The van der Waals surface area contributed by atoms with Gasteiger partial charge in [0, 0.05) is 6.54 Å². The van der Waals surface area contributed by atoms with Gasteiger partial charge in [0.15, 0.2) is 23.0 Å². The van der Waals surface area contributed by atoms with Crippen molar-refractivity contribution in [3.63, 3.8) is 0 Å². The third-order valence-corrected chi connectivity index (χ3v) is 7.13. The van der Waals surface area contributed by atoms with Crippen molar-refractivity contribution in [2.24, 2.45) is 5.92 Å². The number of hydrogen-bond donors (Lipinski definition) is 1. The molecule has 1 heterocycles. The van der Waals surface area contributed by atoms with Crippen LogP contribution in [0.4, 0.5) is 0 Å². The fourth-order valence-electron chi connectivity index (χ4n) is 4.63. The van der Waals surface area contributed by atoms with E-state index in [1.807, 2.05) is 42.7 Å². The summed E-state index contributed by atoms with van der Waals surface area (Å²) in [5, 5.41) is 13.2. The molecule has 2 aromatic carbocycles. The van der Waals surface area contributed by atoms with Crippen LogP contribution in [-0.2, 0) is 11.8 Å². The second-order valence-electron chi connectivity index (χ2n) is 9.86. The van der Waals surface area contributed by atoms with E-state index in [9.17, 15) is 5.26 Å². The smallest absolute Gasteiger partial charge is 1.00 e. The summed E-state index contributed by atoms with van der Waals surface area (Å²) in [6.45, 7) is 6.06. The molecular formula is C32H46ClN3O4. The summed E-state index contributed by atoms with van der Waals surface area (Å²) in [7, 11) is 8.67. The van der Waals surface area contributed by atoms with Gasteiger partial charge >= 0.3 is 1.43 Å². The van der Waals surface area contributed by atoms with Crippen molar-refractivity contribution < 1.29 is 32.8 Å². The summed E-state index contributed by atoms with van der Waals surface area (Å²) in [5.74, 6) is 2.99. The predicted molar refractivity (Wildman–Crippen MR) is 159 cm³/mol. The molecule has 0 bridgehead atoms. The summed E-state index contributed by atoms with van der Waals surface area (Å²) in [5.41, 5.74) is 1.60. The molecule has 3 rings (SSSR count). The topological polar surface area (TPSA) is 76.0 Å². The van der Waals surface area contributed by atoms with E-state index in [2.05, 4.69) is 55.4 Å². The molecule has 40 heavy (non-hydrogen) atoms. The first-order valence-corrected chi connectivity index (χ1v) is 13.4. The number of nitrogens with one attached hydrogen (secondary N) is 1. The van der Waals surface area contributed by atoms with E-state index in [1.165, 1.54) is 5.56 Å². The maximum absolute atomic E-state index is 10.2. The summed E-state index contributed by atoms with van der Waals surface area (Å²) < 4.78 is 21.6. The van der Waals surface area contributed by atoms with Crippen molar-refractivity contribution in [1.82, 2.24) is 10.2 Å². The molecule has 0 aliphatic carbocycles. The lowest BCUT2D eigenvalue weighted by Crippen LogP contribution is -3.00. The lowest BCUT2D eigenvalue weighted by atomic mass is 9.69. The third-order valence-electron chi connectivity index (χ3n) is 7.13. The SMILES string of the molecule is C1=CNC=CC1.COc1ccc(CCN(C)CCCC(C#N)(c2ccc(OC)c(OC)c2)C(C)C)cc1OC.[Cl-].[H+]. The Labute approximate surface area is 248 Å². The highest BCUT2D eigenvalue weighted by Gasteiger charge is 2.36. The number of ether oxygens (including phenoxy) is 4. The number of methoxy groups -OCH3 is 4. The number of nitrogens with zero attached hydrogens (tertiary/aromatic N) is 2. The van der Waals surface area contributed by atoms with Crippen LogP contribution in [0.25, 0.3) is 0 Å². The van der Waals surface area contributed by atoms with E-state index < -0.39 is 5.41 Å². The summed E-state index contributed by atoms with van der Waals surface area (Å²) in [4.78, 5) is 2.31. The summed E-state index contributed by atoms with van der Waals surface area (Å²) in [6, 6.07) is 14.5. The van der Waals surface area contributed by atoms with Crippen LogP contribution in [0.2, 0.25) is 0 Å². The molecule has 1 aliphatic rings. The number of rotatable bonds is 13. The fourth-order valence-corrected chi connectivity index (χ4v) is 4.63. The second kappa shape index (κ2) is 18.1. The van der Waals surface area contributed by atoms with Gasteiger partial charge < -0.3 is 41.6 Å². The minimum atomic E-state index is -0.580. The number of halogens is 1. The Kier molecular flexibility index (Phi) is 15.7. The first-order chi connectivity index (χ1) is 18.8. The number of dihydropyridines is 1. The number of benzene rings is 2. The highest BCUT2D eigenvalue weighted by molar-refractivity contribution is 5.47. The van der Waals surface area contributed by atoms with E-state index in [0.717, 1.165) is 55.8 Å². The number of allylic oxidation sites excluding steroid dienone is 2. The van der Waals surface area contributed by atoms with E-state index in [4.69, 9.17) is 18.9 Å². The standard InChI is InChI=1S/C27H38N2O4.C5H7N.ClH/c1-20(2)27(19-28,22-10-12-24(31-5)26(18-22)33-7)14-8-15-29(3)16-13-21-9-11-23(30-4)25(17-21)32-6;1-2-4-6-5-3-1;/h9-12,17-18,20H,8,13-16H2,1-7H3;2-6H,1H2;1H. The monoisotopic (exact) mass is 571 g/mol. The Morgan fingerprint density at radius 1 is 0.900 bits per heavy atom. The molecule has 8 heteroatoms. The Morgan fingerprint density at radius 2 is 1.48 bits per heavy atom. The lowest BCUT2D eigenvalue weighted by Gasteiger charge is -2.32. The number of nitriles is 1.